The minimum atomic E-state index is -3.61. The lowest BCUT2D eigenvalue weighted by molar-refractivity contribution is 0.0295. The van der Waals surface area contributed by atoms with Gasteiger partial charge in [-0.25, -0.2) is 13.2 Å². The molecule has 1 aromatic rings. The maximum absolute atomic E-state index is 13.2. The van der Waals surface area contributed by atoms with Crippen molar-refractivity contribution >= 4 is 16.1 Å². The predicted octanol–water partition coefficient (Wildman–Crippen LogP) is 3.34. The van der Waals surface area contributed by atoms with Crippen LogP contribution in [0.2, 0.25) is 0 Å². The fourth-order valence-corrected chi connectivity index (χ4v) is 5.60. The van der Waals surface area contributed by atoms with Crippen molar-refractivity contribution in [3.8, 4) is 5.75 Å². The van der Waals surface area contributed by atoms with Crippen LogP contribution < -0.4 is 4.74 Å². The summed E-state index contributed by atoms with van der Waals surface area (Å²) in [6.07, 6.45) is 1.29. The third-order valence-electron chi connectivity index (χ3n) is 5.70. The van der Waals surface area contributed by atoms with Gasteiger partial charge in [-0.05, 0) is 82.4 Å². The zero-order valence-corrected chi connectivity index (χ0v) is 19.1. The van der Waals surface area contributed by atoms with E-state index in [4.69, 9.17) is 9.47 Å². The van der Waals surface area contributed by atoms with Gasteiger partial charge < -0.3 is 14.4 Å². The van der Waals surface area contributed by atoms with E-state index in [9.17, 15) is 13.2 Å². The Hall–Kier alpha value is -2.06. The first kappa shape index (κ1) is 21.2. The molecule has 164 valence electrons. The summed E-state index contributed by atoms with van der Waals surface area (Å²) in [6, 6.07) is 5.15. The molecule has 3 aliphatic heterocycles. The van der Waals surface area contributed by atoms with E-state index in [1.165, 1.54) is 4.31 Å². The number of hydrogen-bond donors (Lipinski definition) is 0. The zero-order valence-electron chi connectivity index (χ0n) is 18.3. The van der Waals surface area contributed by atoms with Gasteiger partial charge >= 0.3 is 6.09 Å². The number of hydrogen-bond acceptors (Lipinski definition) is 5. The van der Waals surface area contributed by atoms with Gasteiger partial charge in [-0.1, -0.05) is 0 Å². The van der Waals surface area contributed by atoms with Gasteiger partial charge in [0, 0.05) is 26.2 Å². The Morgan fingerprint density at radius 1 is 1.10 bits per heavy atom. The summed E-state index contributed by atoms with van der Waals surface area (Å²) in [7, 11) is -3.61. The van der Waals surface area contributed by atoms with Gasteiger partial charge in [-0.2, -0.15) is 4.31 Å². The molecule has 7 nitrogen and oxygen atoms in total. The van der Waals surface area contributed by atoms with Crippen LogP contribution in [0.4, 0.5) is 4.79 Å². The van der Waals surface area contributed by atoms with Crippen LogP contribution in [0.1, 0.15) is 46.6 Å². The average Bonchev–Trinajstić information content (AvgIpc) is 3.18. The molecule has 0 aromatic heterocycles. The average molecular weight is 435 g/mol. The number of amides is 1. The Morgan fingerprint density at radius 2 is 1.73 bits per heavy atom. The molecule has 0 N–H and O–H groups in total. The van der Waals surface area contributed by atoms with E-state index >= 15 is 0 Å². The second-order valence-corrected chi connectivity index (χ2v) is 11.9. The summed E-state index contributed by atoms with van der Waals surface area (Å²) in [5, 5.41) is 0. The number of benzene rings is 1. The van der Waals surface area contributed by atoms with E-state index in [1.54, 1.807) is 23.1 Å². The first-order valence-electron chi connectivity index (χ1n) is 10.3. The number of sulfonamides is 1. The smallest absolute Gasteiger partial charge is 0.410 e. The summed E-state index contributed by atoms with van der Waals surface area (Å²) in [5.41, 5.74) is 2.14. The van der Waals surface area contributed by atoms with Crippen LogP contribution in [-0.2, 0) is 21.2 Å². The number of nitrogens with zero attached hydrogens (tertiary/aromatic N) is 2. The standard InChI is InChI=1S/C22H30N2O5S/c1-21(2,3)29-20(25)23-11-16-13-24(14-17(16)12-23)30(26,27)18-6-7-19-15(10-18)8-9-22(4,5)28-19/h6-7,10H,8-9,11-14H2,1-5H3. The quantitative estimate of drug-likeness (QED) is 0.668. The molecule has 0 radical (unpaired) electrons. The van der Waals surface area contributed by atoms with Gasteiger partial charge in [-0.3, -0.25) is 0 Å². The third kappa shape index (κ3) is 4.07. The van der Waals surface area contributed by atoms with Crippen LogP contribution in [0.15, 0.2) is 34.2 Å². The highest BCUT2D eigenvalue weighted by Gasteiger charge is 2.39. The first-order valence-corrected chi connectivity index (χ1v) is 11.8. The molecular weight excluding hydrogens is 404 g/mol. The molecule has 1 aromatic carbocycles. The van der Waals surface area contributed by atoms with E-state index < -0.39 is 15.6 Å². The fourth-order valence-electron chi connectivity index (χ4n) is 4.12. The number of aryl methyl sites for hydroxylation is 1. The molecule has 4 rings (SSSR count). The number of rotatable bonds is 2. The van der Waals surface area contributed by atoms with Crippen molar-refractivity contribution in [3.05, 3.63) is 34.9 Å². The third-order valence-corrected chi connectivity index (χ3v) is 7.49. The molecule has 3 aliphatic rings. The normalized spacial score (nSPS) is 21.3. The van der Waals surface area contributed by atoms with Crippen molar-refractivity contribution in [2.45, 2.75) is 63.6 Å². The Kier molecular flexibility index (Phi) is 4.93. The summed E-state index contributed by atoms with van der Waals surface area (Å²) >= 11 is 0. The molecule has 0 fully saturated rings. The molecule has 0 bridgehead atoms. The molecule has 0 aliphatic carbocycles. The van der Waals surface area contributed by atoms with Crippen LogP contribution in [-0.4, -0.2) is 61.1 Å². The van der Waals surface area contributed by atoms with E-state index in [1.807, 2.05) is 34.6 Å². The molecule has 0 unspecified atom stereocenters. The zero-order chi connectivity index (χ0) is 21.9. The van der Waals surface area contributed by atoms with Gasteiger partial charge in [0.15, 0.2) is 0 Å². The molecule has 0 spiro atoms. The first-order chi connectivity index (χ1) is 13.8. The maximum Gasteiger partial charge on any atom is 0.410 e. The summed E-state index contributed by atoms with van der Waals surface area (Å²) in [6.45, 7) is 11.1. The van der Waals surface area contributed by atoms with Gasteiger partial charge in [0.1, 0.15) is 17.0 Å². The van der Waals surface area contributed by atoms with E-state index in [2.05, 4.69) is 0 Å². The largest absolute Gasteiger partial charge is 0.488 e. The van der Waals surface area contributed by atoms with Crippen LogP contribution in [0.3, 0.4) is 0 Å². The molecule has 30 heavy (non-hydrogen) atoms. The maximum atomic E-state index is 13.2. The predicted molar refractivity (Wildman–Crippen MR) is 113 cm³/mol. The van der Waals surface area contributed by atoms with Gasteiger partial charge in [0.25, 0.3) is 0 Å². The molecule has 0 atom stereocenters. The molecule has 3 heterocycles. The second-order valence-electron chi connectivity index (χ2n) is 9.95. The van der Waals surface area contributed by atoms with Crippen LogP contribution in [0.25, 0.3) is 0 Å². The monoisotopic (exact) mass is 434 g/mol. The fraction of sp³-hybridized carbons (Fsp3) is 0.591. The van der Waals surface area contributed by atoms with Crippen molar-refractivity contribution in [3.63, 3.8) is 0 Å². The van der Waals surface area contributed by atoms with E-state index in [-0.39, 0.29) is 11.7 Å². The molecular formula is C22H30N2O5S. The second kappa shape index (κ2) is 6.99. The Balaban J connectivity index is 1.44. The highest BCUT2D eigenvalue weighted by Crippen LogP contribution is 2.36. The topological polar surface area (TPSA) is 76.2 Å². The van der Waals surface area contributed by atoms with Gasteiger partial charge in [0.2, 0.25) is 10.0 Å². The lowest BCUT2D eigenvalue weighted by atomic mass is 9.94. The Labute approximate surface area is 178 Å². The number of carbonyl (C=O) groups excluding carboxylic acids is 1. The number of carbonyl (C=O) groups is 1. The lowest BCUT2D eigenvalue weighted by Crippen LogP contribution is -2.39. The highest BCUT2D eigenvalue weighted by molar-refractivity contribution is 7.89. The van der Waals surface area contributed by atoms with Crippen molar-refractivity contribution in [1.82, 2.24) is 9.21 Å². The molecule has 0 saturated carbocycles. The lowest BCUT2D eigenvalue weighted by Gasteiger charge is -2.33. The summed E-state index contributed by atoms with van der Waals surface area (Å²) < 4.78 is 39.4. The SMILES string of the molecule is CC(C)(C)OC(=O)N1CC2=C(C1)CN(S(=O)(=O)c1ccc3c(c1)CCC(C)(C)O3)C2. The van der Waals surface area contributed by atoms with Crippen molar-refractivity contribution < 1.29 is 22.7 Å². The van der Waals surface area contributed by atoms with Crippen molar-refractivity contribution in [2.75, 3.05) is 26.2 Å². The Bertz CT molecular complexity index is 1000. The molecule has 0 saturated heterocycles. The van der Waals surface area contributed by atoms with E-state index in [0.717, 1.165) is 35.3 Å². The number of fused-ring (bicyclic) bond motifs is 1. The summed E-state index contributed by atoms with van der Waals surface area (Å²) in [4.78, 5) is 14.2. The van der Waals surface area contributed by atoms with E-state index in [0.29, 0.717) is 31.1 Å². The number of ether oxygens (including phenoxy) is 2. The van der Waals surface area contributed by atoms with Crippen molar-refractivity contribution in [2.24, 2.45) is 0 Å². The van der Waals surface area contributed by atoms with Crippen LogP contribution >= 0.6 is 0 Å². The van der Waals surface area contributed by atoms with Crippen LogP contribution in [0, 0.1) is 0 Å². The highest BCUT2D eigenvalue weighted by atomic mass is 32.2. The van der Waals surface area contributed by atoms with Gasteiger partial charge in [-0.15, -0.1) is 0 Å². The summed E-state index contributed by atoms with van der Waals surface area (Å²) in [5.74, 6) is 0.764. The Morgan fingerprint density at radius 3 is 2.33 bits per heavy atom. The molecule has 8 heteroatoms. The van der Waals surface area contributed by atoms with Crippen molar-refractivity contribution in [1.29, 1.82) is 0 Å². The molecule has 1 amide bonds. The van der Waals surface area contributed by atoms with Gasteiger partial charge in [0.05, 0.1) is 4.90 Å². The van der Waals surface area contributed by atoms with Crippen LogP contribution in [0.5, 0.6) is 5.75 Å². The minimum Gasteiger partial charge on any atom is -0.488 e. The minimum absolute atomic E-state index is 0.229.